The van der Waals surface area contributed by atoms with Gasteiger partial charge in [0.25, 0.3) is 0 Å². The number of unbranched alkanes of at least 4 members (excludes halogenated alkanes) is 2. The Labute approximate surface area is 129 Å². The second-order valence-electron chi connectivity index (χ2n) is 5.78. The first-order valence-corrected chi connectivity index (χ1v) is 8.39. The Morgan fingerprint density at radius 3 is 2.10 bits per heavy atom. The molecule has 2 unspecified atom stereocenters. The molecule has 0 aliphatic rings. The Hall–Kier alpha value is -0.930. The Morgan fingerprint density at radius 1 is 1.05 bits per heavy atom. The molecule has 0 aliphatic heterocycles. The lowest BCUT2D eigenvalue weighted by atomic mass is 9.95. The molecule has 0 aliphatic carbocycles. The number of nitrogens with zero attached hydrogens (tertiary/aromatic N) is 1. The molecule has 0 saturated carbocycles. The molecule has 0 aromatic heterocycles. The summed E-state index contributed by atoms with van der Waals surface area (Å²) in [6, 6.07) is 7.04. The minimum Gasteiger partial charge on any atom is -0.326 e. The summed E-state index contributed by atoms with van der Waals surface area (Å²) in [7, 11) is 0. The lowest BCUT2D eigenvalue weighted by Gasteiger charge is -2.36. The van der Waals surface area contributed by atoms with Crippen molar-refractivity contribution in [3.63, 3.8) is 0 Å². The summed E-state index contributed by atoms with van der Waals surface area (Å²) >= 11 is 0. The quantitative estimate of drug-likeness (QED) is 0.688. The first-order chi connectivity index (χ1) is 10.2. The number of hydrogen-bond donors (Lipinski definition) is 1. The molecule has 2 atom stereocenters. The van der Waals surface area contributed by atoms with E-state index < -0.39 is 0 Å². The lowest BCUT2D eigenvalue weighted by Crippen LogP contribution is -2.42. The van der Waals surface area contributed by atoms with Crippen LogP contribution in [0.1, 0.15) is 64.5 Å². The minimum absolute atomic E-state index is 0.0192. The third kappa shape index (κ3) is 5.40. The Bertz CT molecular complexity index is 387. The molecule has 120 valence electrons. The van der Waals surface area contributed by atoms with Crippen LogP contribution >= 0.6 is 0 Å². The molecule has 0 saturated heterocycles. The van der Waals surface area contributed by atoms with Crippen LogP contribution in [0.25, 0.3) is 0 Å². The van der Waals surface area contributed by atoms with Crippen LogP contribution in [0.5, 0.6) is 0 Å². The summed E-state index contributed by atoms with van der Waals surface area (Å²) in [5.41, 5.74) is 7.10. The van der Waals surface area contributed by atoms with E-state index in [1.54, 1.807) is 12.1 Å². The highest BCUT2D eigenvalue weighted by Gasteiger charge is 2.27. The maximum absolute atomic E-state index is 14.3. The van der Waals surface area contributed by atoms with Gasteiger partial charge in [0.05, 0.1) is 6.04 Å². The van der Waals surface area contributed by atoms with Gasteiger partial charge in [0.15, 0.2) is 0 Å². The van der Waals surface area contributed by atoms with Gasteiger partial charge in [-0.2, -0.15) is 0 Å². The Kier molecular flexibility index (Phi) is 8.55. The van der Waals surface area contributed by atoms with E-state index >= 15 is 0 Å². The second kappa shape index (κ2) is 9.91. The highest BCUT2D eigenvalue weighted by Crippen LogP contribution is 2.28. The van der Waals surface area contributed by atoms with Crippen LogP contribution in [0.4, 0.5) is 4.39 Å². The first kappa shape index (κ1) is 18.1. The number of benzene rings is 1. The highest BCUT2D eigenvalue weighted by atomic mass is 19.1. The topological polar surface area (TPSA) is 29.3 Å². The van der Waals surface area contributed by atoms with Gasteiger partial charge in [-0.1, -0.05) is 51.8 Å². The van der Waals surface area contributed by atoms with E-state index in [4.69, 9.17) is 5.73 Å². The Balaban J connectivity index is 3.04. The third-order valence-electron chi connectivity index (χ3n) is 4.09. The molecule has 0 fully saturated rings. The van der Waals surface area contributed by atoms with Crippen molar-refractivity contribution in [1.82, 2.24) is 4.90 Å². The van der Waals surface area contributed by atoms with Crippen molar-refractivity contribution in [3.05, 3.63) is 35.6 Å². The Morgan fingerprint density at radius 2 is 1.62 bits per heavy atom. The van der Waals surface area contributed by atoms with Gasteiger partial charge in [-0.15, -0.1) is 0 Å². The fourth-order valence-corrected chi connectivity index (χ4v) is 2.75. The molecule has 3 heteroatoms. The summed E-state index contributed by atoms with van der Waals surface area (Å²) < 4.78 is 14.3. The average molecular weight is 294 g/mol. The van der Waals surface area contributed by atoms with E-state index in [-0.39, 0.29) is 17.9 Å². The van der Waals surface area contributed by atoms with Crippen LogP contribution in [0, 0.1) is 5.82 Å². The van der Waals surface area contributed by atoms with Gasteiger partial charge in [-0.3, -0.25) is 4.90 Å². The molecule has 1 rings (SSSR count). The predicted molar refractivity (Wildman–Crippen MR) is 88.8 cm³/mol. The van der Waals surface area contributed by atoms with Gasteiger partial charge in [-0.05, 0) is 38.4 Å². The lowest BCUT2D eigenvalue weighted by molar-refractivity contribution is 0.160. The number of halogens is 1. The van der Waals surface area contributed by atoms with Crippen molar-refractivity contribution < 1.29 is 4.39 Å². The summed E-state index contributed by atoms with van der Waals surface area (Å²) in [5.74, 6) is -0.135. The summed E-state index contributed by atoms with van der Waals surface area (Å²) in [6.07, 6.45) is 5.41. The molecule has 0 heterocycles. The molecule has 0 amide bonds. The number of rotatable bonds is 10. The van der Waals surface area contributed by atoms with Crippen LogP contribution in [0.3, 0.4) is 0 Å². The molecule has 0 bridgehead atoms. The molecular formula is C18H31FN2. The predicted octanol–water partition coefficient (Wildman–Crippen LogP) is 4.51. The minimum atomic E-state index is -0.135. The van der Waals surface area contributed by atoms with E-state index in [0.717, 1.165) is 50.8 Å². The molecular weight excluding hydrogens is 263 g/mol. The van der Waals surface area contributed by atoms with Gasteiger partial charge >= 0.3 is 0 Å². The second-order valence-corrected chi connectivity index (χ2v) is 5.78. The smallest absolute Gasteiger partial charge is 0.128 e. The maximum Gasteiger partial charge on any atom is 0.128 e. The average Bonchev–Trinajstić information content (AvgIpc) is 2.51. The first-order valence-electron chi connectivity index (χ1n) is 8.39. The van der Waals surface area contributed by atoms with Crippen molar-refractivity contribution in [1.29, 1.82) is 0 Å². The third-order valence-corrected chi connectivity index (χ3v) is 4.09. The zero-order valence-corrected chi connectivity index (χ0v) is 13.8. The van der Waals surface area contributed by atoms with E-state index in [1.165, 1.54) is 0 Å². The van der Waals surface area contributed by atoms with E-state index in [9.17, 15) is 4.39 Å². The van der Waals surface area contributed by atoms with E-state index in [2.05, 4.69) is 25.7 Å². The van der Waals surface area contributed by atoms with Crippen LogP contribution < -0.4 is 5.73 Å². The summed E-state index contributed by atoms with van der Waals surface area (Å²) in [4.78, 5) is 2.39. The molecule has 0 radical (unpaired) electrons. The number of nitrogens with two attached hydrogens (primary N) is 1. The summed E-state index contributed by atoms with van der Waals surface area (Å²) in [5, 5.41) is 0. The highest BCUT2D eigenvalue weighted by molar-refractivity contribution is 5.23. The fraction of sp³-hybridized carbons (Fsp3) is 0.667. The largest absolute Gasteiger partial charge is 0.326 e. The van der Waals surface area contributed by atoms with Gasteiger partial charge in [0, 0.05) is 11.6 Å². The zero-order chi connectivity index (χ0) is 15.7. The van der Waals surface area contributed by atoms with E-state index in [1.807, 2.05) is 12.1 Å². The van der Waals surface area contributed by atoms with Gasteiger partial charge < -0.3 is 5.73 Å². The summed E-state index contributed by atoms with van der Waals surface area (Å²) in [6.45, 7) is 8.44. The molecule has 21 heavy (non-hydrogen) atoms. The van der Waals surface area contributed by atoms with Crippen molar-refractivity contribution >= 4 is 0 Å². The van der Waals surface area contributed by atoms with Crippen molar-refractivity contribution in [2.45, 2.75) is 65.0 Å². The van der Waals surface area contributed by atoms with Crippen LogP contribution in [0.15, 0.2) is 24.3 Å². The van der Waals surface area contributed by atoms with Crippen molar-refractivity contribution in [2.24, 2.45) is 5.73 Å². The molecule has 2 nitrogen and oxygen atoms in total. The fourth-order valence-electron chi connectivity index (χ4n) is 2.75. The van der Waals surface area contributed by atoms with Crippen molar-refractivity contribution in [2.75, 3.05) is 13.1 Å². The monoisotopic (exact) mass is 294 g/mol. The zero-order valence-electron chi connectivity index (χ0n) is 13.8. The van der Waals surface area contributed by atoms with Crippen molar-refractivity contribution in [3.8, 4) is 0 Å². The number of hydrogen-bond acceptors (Lipinski definition) is 2. The van der Waals surface area contributed by atoms with Crippen LogP contribution in [-0.2, 0) is 0 Å². The van der Waals surface area contributed by atoms with Crippen LogP contribution in [-0.4, -0.2) is 24.0 Å². The SMILES string of the molecule is CCCCN(CCCC)C(c1ccccc1F)C(N)CC. The molecule has 1 aromatic carbocycles. The van der Waals surface area contributed by atoms with Crippen LogP contribution in [0.2, 0.25) is 0 Å². The normalized spacial score (nSPS) is 14.4. The standard InChI is InChI=1S/C18H31FN2/c1-4-7-13-21(14-8-5-2)18(17(20)6-3)15-11-9-10-12-16(15)19/h9-12,17-18H,4-8,13-14,20H2,1-3H3. The van der Waals surface area contributed by atoms with Gasteiger partial charge in [0.2, 0.25) is 0 Å². The molecule has 2 N–H and O–H groups in total. The van der Waals surface area contributed by atoms with Gasteiger partial charge in [0.1, 0.15) is 5.82 Å². The van der Waals surface area contributed by atoms with Gasteiger partial charge in [-0.25, -0.2) is 4.39 Å². The molecule has 0 spiro atoms. The molecule has 1 aromatic rings. The van der Waals surface area contributed by atoms with E-state index in [0.29, 0.717) is 0 Å². The maximum atomic E-state index is 14.3.